The van der Waals surface area contributed by atoms with Crippen LogP contribution in [0.3, 0.4) is 0 Å². The van der Waals surface area contributed by atoms with Crippen molar-refractivity contribution in [2.75, 3.05) is 7.11 Å². The number of aromatic hydroxyl groups is 1. The lowest BCUT2D eigenvalue weighted by Crippen LogP contribution is -2.09. The number of nitrogens with zero attached hydrogens (tertiary/aromatic N) is 3. The van der Waals surface area contributed by atoms with Crippen LogP contribution in [0.5, 0.6) is 11.5 Å². The van der Waals surface area contributed by atoms with E-state index in [0.29, 0.717) is 11.8 Å². The lowest BCUT2D eigenvalue weighted by Gasteiger charge is -2.12. The van der Waals surface area contributed by atoms with E-state index in [2.05, 4.69) is 5.10 Å². The summed E-state index contributed by atoms with van der Waals surface area (Å²) in [5, 5.41) is 25.5. The molecule has 0 spiro atoms. The normalized spacial score (nSPS) is 11.4. The summed E-state index contributed by atoms with van der Waals surface area (Å²) in [6, 6.07) is 8.05. The SMILES string of the molecule is COc1ccc(-c2ccnn2-c2ccc(C(F)(F)F)cc2[N+](=O)[O-])c(O)c1. The quantitative estimate of drug-likeness (QED) is 0.542. The van der Waals surface area contributed by atoms with E-state index in [1.54, 1.807) is 6.07 Å². The van der Waals surface area contributed by atoms with Crippen LogP contribution in [-0.2, 0) is 6.18 Å². The van der Waals surface area contributed by atoms with Crippen molar-refractivity contribution in [1.29, 1.82) is 0 Å². The third-order valence-corrected chi connectivity index (χ3v) is 3.85. The number of phenols is 1. The van der Waals surface area contributed by atoms with Crippen LogP contribution in [0.1, 0.15) is 5.56 Å². The Bertz CT molecular complexity index is 1010. The molecule has 0 saturated heterocycles. The predicted molar refractivity (Wildman–Crippen MR) is 88.9 cm³/mol. The molecular formula is C17H12F3N3O4. The van der Waals surface area contributed by atoms with E-state index in [4.69, 9.17) is 4.74 Å². The summed E-state index contributed by atoms with van der Waals surface area (Å²) >= 11 is 0. The zero-order valence-corrected chi connectivity index (χ0v) is 13.8. The van der Waals surface area contributed by atoms with Crippen LogP contribution in [0.4, 0.5) is 18.9 Å². The average molecular weight is 379 g/mol. The van der Waals surface area contributed by atoms with Gasteiger partial charge in [0, 0.05) is 17.7 Å². The molecule has 1 heterocycles. The molecular weight excluding hydrogens is 367 g/mol. The molecule has 27 heavy (non-hydrogen) atoms. The smallest absolute Gasteiger partial charge is 0.416 e. The summed E-state index contributed by atoms with van der Waals surface area (Å²) in [7, 11) is 1.42. The second-order valence-electron chi connectivity index (χ2n) is 5.47. The van der Waals surface area contributed by atoms with E-state index >= 15 is 0 Å². The number of nitro benzene ring substituents is 1. The summed E-state index contributed by atoms with van der Waals surface area (Å²) in [6.07, 6.45) is -3.40. The molecule has 140 valence electrons. The second kappa shape index (κ2) is 6.63. The standard InChI is InChI=1S/C17H12F3N3O4/c1-27-11-3-4-12(16(24)9-11)13-6-7-21-22(13)14-5-2-10(17(18,19)20)8-15(14)23(25)26/h2-9,24H,1H3. The number of ether oxygens (including phenoxy) is 1. The minimum atomic E-state index is -4.72. The van der Waals surface area contributed by atoms with Gasteiger partial charge in [0.2, 0.25) is 0 Å². The van der Waals surface area contributed by atoms with Crippen molar-refractivity contribution in [3.63, 3.8) is 0 Å². The van der Waals surface area contributed by atoms with Crippen molar-refractivity contribution in [2.45, 2.75) is 6.18 Å². The van der Waals surface area contributed by atoms with Crippen LogP contribution in [0.25, 0.3) is 16.9 Å². The summed E-state index contributed by atoms with van der Waals surface area (Å²) in [5.41, 5.74) is -1.52. The molecule has 0 radical (unpaired) electrons. The molecule has 3 aromatic rings. The number of hydrogen-bond acceptors (Lipinski definition) is 5. The Labute approximate surface area is 150 Å². The maximum atomic E-state index is 12.9. The van der Waals surface area contributed by atoms with Crippen molar-refractivity contribution >= 4 is 5.69 Å². The molecule has 1 N–H and O–H groups in total. The fourth-order valence-corrected chi connectivity index (χ4v) is 2.58. The Hall–Kier alpha value is -3.56. The summed E-state index contributed by atoms with van der Waals surface area (Å²) in [4.78, 5) is 10.4. The second-order valence-corrected chi connectivity index (χ2v) is 5.47. The molecule has 0 bridgehead atoms. The predicted octanol–water partition coefficient (Wildman–Crippen LogP) is 4.18. The van der Waals surface area contributed by atoms with Gasteiger partial charge >= 0.3 is 6.18 Å². The largest absolute Gasteiger partial charge is 0.507 e. The summed E-state index contributed by atoms with van der Waals surface area (Å²) in [5.74, 6) is 0.216. The number of aromatic nitrogens is 2. The minimum Gasteiger partial charge on any atom is -0.507 e. The summed E-state index contributed by atoms with van der Waals surface area (Å²) < 4.78 is 44.7. The molecule has 10 heteroatoms. The zero-order chi connectivity index (χ0) is 19.8. The first-order valence-corrected chi connectivity index (χ1v) is 7.50. The van der Waals surface area contributed by atoms with Crippen molar-refractivity contribution in [1.82, 2.24) is 9.78 Å². The van der Waals surface area contributed by atoms with Gasteiger partial charge in [0.05, 0.1) is 29.5 Å². The molecule has 0 atom stereocenters. The van der Waals surface area contributed by atoms with Crippen molar-refractivity contribution < 1.29 is 27.9 Å². The van der Waals surface area contributed by atoms with Gasteiger partial charge in [-0.05, 0) is 30.3 Å². The van der Waals surface area contributed by atoms with Gasteiger partial charge in [-0.2, -0.15) is 18.3 Å². The van der Waals surface area contributed by atoms with Gasteiger partial charge in [0.1, 0.15) is 17.2 Å². The topological polar surface area (TPSA) is 90.4 Å². The van der Waals surface area contributed by atoms with Crippen LogP contribution < -0.4 is 4.74 Å². The van der Waals surface area contributed by atoms with Crippen LogP contribution in [0, 0.1) is 10.1 Å². The molecule has 0 aliphatic heterocycles. The fourth-order valence-electron chi connectivity index (χ4n) is 2.58. The van der Waals surface area contributed by atoms with Crippen LogP contribution >= 0.6 is 0 Å². The van der Waals surface area contributed by atoms with Gasteiger partial charge in [-0.3, -0.25) is 10.1 Å². The number of rotatable bonds is 4. The molecule has 1 aromatic heterocycles. The van der Waals surface area contributed by atoms with Crippen molar-refractivity contribution in [3.8, 4) is 28.4 Å². The van der Waals surface area contributed by atoms with Crippen LogP contribution in [0.15, 0.2) is 48.7 Å². The fraction of sp³-hybridized carbons (Fsp3) is 0.118. The zero-order valence-electron chi connectivity index (χ0n) is 13.8. The average Bonchev–Trinajstić information content (AvgIpc) is 3.09. The molecule has 0 amide bonds. The number of benzene rings is 2. The van der Waals surface area contributed by atoms with Crippen molar-refractivity contribution in [3.05, 3.63) is 64.3 Å². The third-order valence-electron chi connectivity index (χ3n) is 3.85. The molecule has 0 aliphatic carbocycles. The van der Waals surface area contributed by atoms with E-state index in [0.717, 1.165) is 16.8 Å². The maximum absolute atomic E-state index is 12.9. The maximum Gasteiger partial charge on any atom is 0.416 e. The lowest BCUT2D eigenvalue weighted by molar-refractivity contribution is -0.384. The Morgan fingerprint density at radius 2 is 1.93 bits per heavy atom. The molecule has 0 fully saturated rings. The van der Waals surface area contributed by atoms with Crippen molar-refractivity contribution in [2.24, 2.45) is 0 Å². The number of nitro groups is 1. The van der Waals surface area contributed by atoms with Crippen LogP contribution in [0.2, 0.25) is 0 Å². The van der Waals surface area contributed by atoms with E-state index in [1.807, 2.05) is 0 Å². The number of alkyl halides is 3. The highest BCUT2D eigenvalue weighted by atomic mass is 19.4. The monoisotopic (exact) mass is 379 g/mol. The van der Waals surface area contributed by atoms with Crippen LogP contribution in [-0.4, -0.2) is 26.9 Å². The highest BCUT2D eigenvalue weighted by molar-refractivity contribution is 5.71. The first-order valence-electron chi connectivity index (χ1n) is 7.50. The first kappa shape index (κ1) is 18.2. The Morgan fingerprint density at radius 1 is 1.19 bits per heavy atom. The van der Waals surface area contributed by atoms with Gasteiger partial charge < -0.3 is 9.84 Å². The molecule has 3 rings (SSSR count). The van der Waals surface area contributed by atoms with Gasteiger partial charge in [0.15, 0.2) is 0 Å². The summed E-state index contributed by atoms with van der Waals surface area (Å²) in [6.45, 7) is 0. The number of halogens is 3. The molecule has 0 aliphatic rings. The van der Waals surface area contributed by atoms with Gasteiger partial charge in [-0.15, -0.1) is 0 Å². The van der Waals surface area contributed by atoms with E-state index < -0.39 is 22.4 Å². The third kappa shape index (κ3) is 3.41. The number of methoxy groups -OCH3 is 1. The van der Waals surface area contributed by atoms with Gasteiger partial charge in [-0.1, -0.05) is 0 Å². The van der Waals surface area contributed by atoms with E-state index in [9.17, 15) is 28.4 Å². The molecule has 0 unspecified atom stereocenters. The lowest BCUT2D eigenvalue weighted by atomic mass is 10.1. The highest BCUT2D eigenvalue weighted by Gasteiger charge is 2.33. The molecule has 2 aromatic carbocycles. The molecule has 0 saturated carbocycles. The van der Waals surface area contributed by atoms with Gasteiger partial charge in [0.25, 0.3) is 5.69 Å². The highest BCUT2D eigenvalue weighted by Crippen LogP contribution is 2.37. The minimum absolute atomic E-state index is 0.164. The van der Waals surface area contributed by atoms with E-state index in [1.165, 1.54) is 31.5 Å². The van der Waals surface area contributed by atoms with E-state index in [-0.39, 0.29) is 22.7 Å². The number of hydrogen-bond donors (Lipinski definition) is 1. The Kier molecular flexibility index (Phi) is 4.48. The first-order chi connectivity index (χ1) is 12.7. The van der Waals surface area contributed by atoms with Gasteiger partial charge in [-0.25, -0.2) is 4.68 Å². The molecule has 7 nitrogen and oxygen atoms in total. The Morgan fingerprint density at radius 3 is 2.52 bits per heavy atom. The Balaban J connectivity index is 2.17. The number of phenolic OH excluding ortho intramolecular Hbond substituents is 1.